The average molecular weight is 735 g/mol. The van der Waals surface area contributed by atoms with Gasteiger partial charge in [0.15, 0.2) is 11.2 Å². The van der Waals surface area contributed by atoms with Crippen LogP contribution in [0.1, 0.15) is 84.7 Å². The molecule has 13 heteroatoms. The monoisotopic (exact) mass is 734 g/mol. The van der Waals surface area contributed by atoms with Gasteiger partial charge in [0.25, 0.3) is 0 Å². The maximum Gasteiger partial charge on any atom is 1.00 e. The largest absolute Gasteiger partial charge is 1.00 e. The topological polar surface area (TPSA) is 134 Å². The summed E-state index contributed by atoms with van der Waals surface area (Å²) < 4.78 is 51.6. The molecule has 4 rings (SSSR count). The molecule has 3 aromatic carbocycles. The van der Waals surface area contributed by atoms with Crippen LogP contribution < -0.4 is 39.7 Å². The summed E-state index contributed by atoms with van der Waals surface area (Å²) >= 11 is 1.11. The third-order valence-electron chi connectivity index (χ3n) is 7.74. The van der Waals surface area contributed by atoms with Crippen molar-refractivity contribution in [2.45, 2.75) is 68.4 Å². The predicted octanol–water partition coefficient (Wildman–Crippen LogP) is 6.04. The van der Waals surface area contributed by atoms with Crippen LogP contribution in [0.3, 0.4) is 0 Å². The first-order valence-corrected chi connectivity index (χ1v) is 16.8. The minimum Gasteiger partial charge on any atom is -1.00 e. The predicted molar refractivity (Wildman–Crippen MR) is 186 cm³/mol. The molecule has 4 aromatic rings. The van der Waals surface area contributed by atoms with E-state index in [9.17, 15) is 42.9 Å². The maximum absolute atomic E-state index is 13.4. The Labute approximate surface area is 320 Å². The summed E-state index contributed by atoms with van der Waals surface area (Å²) in [6.45, 7) is 3.78. The number of benzene rings is 3. The third kappa shape index (κ3) is 11.3. The van der Waals surface area contributed by atoms with Gasteiger partial charge in [-0.25, -0.2) is 4.79 Å². The van der Waals surface area contributed by atoms with E-state index in [0.29, 0.717) is 42.1 Å². The first-order chi connectivity index (χ1) is 23.8. The molecule has 3 N–H and O–H groups in total. The van der Waals surface area contributed by atoms with Gasteiger partial charge in [0, 0.05) is 16.5 Å². The fourth-order valence-electron chi connectivity index (χ4n) is 5.19. The summed E-state index contributed by atoms with van der Waals surface area (Å²) in [5.41, 5.74) is -0.485. The molecule has 0 radical (unpaired) electrons. The molecule has 0 saturated carbocycles. The van der Waals surface area contributed by atoms with E-state index in [1.54, 1.807) is 36.4 Å². The number of aromatic hydroxyl groups is 1. The van der Waals surface area contributed by atoms with Gasteiger partial charge in [-0.1, -0.05) is 49.8 Å². The van der Waals surface area contributed by atoms with E-state index in [1.807, 2.05) is 13.0 Å². The van der Waals surface area contributed by atoms with Gasteiger partial charge < -0.3 is 25.9 Å². The van der Waals surface area contributed by atoms with E-state index in [-0.39, 0.29) is 64.6 Å². The number of phenols is 1. The summed E-state index contributed by atoms with van der Waals surface area (Å²) in [6.07, 6.45) is 4.56. The number of carboxylic acid groups (broad SMARTS) is 1. The van der Waals surface area contributed by atoms with Crippen LogP contribution in [0.2, 0.25) is 0 Å². The van der Waals surface area contributed by atoms with Crippen LogP contribution in [-0.4, -0.2) is 38.9 Å². The van der Waals surface area contributed by atoms with Crippen molar-refractivity contribution < 1.29 is 78.2 Å². The number of carbonyl (C=O) groups excluding carboxylic acids is 1. The van der Waals surface area contributed by atoms with E-state index in [1.165, 1.54) is 31.2 Å². The minimum atomic E-state index is -4.60. The SMILES string of the molecule is CCCc1c(OCCCCC=CC=C[C@H](Sc2ccc3c(=O)cc(C(=O)O)oc3c2)[C@H](O)c2cccc(C(F)(F)F)c2)ccc(C(C)=O)c1O.[H-].[Na+]. The zero-order valence-electron chi connectivity index (χ0n) is 29.4. The van der Waals surface area contributed by atoms with Crippen LogP contribution in [0.4, 0.5) is 13.2 Å². The molecule has 0 aliphatic carbocycles. The maximum atomic E-state index is 13.4. The first-order valence-electron chi connectivity index (χ1n) is 15.9. The molecule has 0 unspecified atom stereocenters. The Hall–Kier alpha value is -3.81. The molecule has 51 heavy (non-hydrogen) atoms. The molecule has 0 aliphatic heterocycles. The first kappa shape index (κ1) is 41.6. The van der Waals surface area contributed by atoms with Gasteiger partial charge in [0.2, 0.25) is 5.76 Å². The zero-order valence-corrected chi connectivity index (χ0v) is 31.2. The molecule has 2 atom stereocenters. The molecule has 266 valence electrons. The molecule has 0 saturated heterocycles. The number of aromatic carboxylic acids is 1. The smallest absolute Gasteiger partial charge is 1.00 e. The van der Waals surface area contributed by atoms with E-state index >= 15 is 0 Å². The molecule has 0 bridgehead atoms. The number of alkyl halides is 3. The van der Waals surface area contributed by atoms with Crippen molar-refractivity contribution in [3.05, 3.63) is 123 Å². The fraction of sp³-hybridized carbons (Fsp3) is 0.289. The Bertz CT molecular complexity index is 1960. The molecular weight excluding hydrogens is 696 g/mol. The number of halogens is 3. The summed E-state index contributed by atoms with van der Waals surface area (Å²) in [6, 6.07) is 13.1. The van der Waals surface area contributed by atoms with Crippen molar-refractivity contribution >= 4 is 34.5 Å². The molecule has 1 heterocycles. The minimum absolute atomic E-state index is 0. The molecule has 0 fully saturated rings. The summed E-state index contributed by atoms with van der Waals surface area (Å²) in [7, 11) is 0. The summed E-state index contributed by atoms with van der Waals surface area (Å²) in [5.74, 6) is -1.66. The van der Waals surface area contributed by atoms with Crippen LogP contribution in [0, 0.1) is 0 Å². The number of aliphatic hydroxyl groups is 1. The molecule has 0 aliphatic rings. The molecular formula is C38H38F3NaO8S. The number of carbonyl (C=O) groups is 2. The third-order valence-corrected chi connectivity index (χ3v) is 8.95. The van der Waals surface area contributed by atoms with Gasteiger partial charge in [-0.15, -0.1) is 11.8 Å². The summed E-state index contributed by atoms with van der Waals surface area (Å²) in [5, 5.41) is 30.4. The van der Waals surface area contributed by atoms with E-state index in [4.69, 9.17) is 9.15 Å². The van der Waals surface area contributed by atoms with Gasteiger partial charge in [0.05, 0.1) is 34.5 Å². The number of aliphatic hydroxyl groups excluding tert-OH is 1. The number of phenolic OH excluding ortho intramolecular Hbond substituents is 1. The summed E-state index contributed by atoms with van der Waals surface area (Å²) in [4.78, 5) is 36.0. The number of fused-ring (bicyclic) bond motifs is 1. The number of allylic oxidation sites excluding steroid dienone is 3. The second kappa shape index (κ2) is 19.1. The van der Waals surface area contributed by atoms with Crippen molar-refractivity contribution in [3.63, 3.8) is 0 Å². The average Bonchev–Trinajstić information content (AvgIpc) is 3.07. The van der Waals surface area contributed by atoms with Gasteiger partial charge in [-0.3, -0.25) is 9.59 Å². The van der Waals surface area contributed by atoms with E-state index in [2.05, 4.69) is 0 Å². The Balaban J connectivity index is 0.00000468. The number of hydrogen-bond donors (Lipinski definition) is 3. The van der Waals surface area contributed by atoms with Crippen molar-refractivity contribution in [1.82, 2.24) is 0 Å². The van der Waals surface area contributed by atoms with Gasteiger partial charge in [-0.2, -0.15) is 13.2 Å². The number of unbranched alkanes of at least 4 members (excludes halogenated alkanes) is 2. The Morgan fingerprint density at radius 1 is 1.06 bits per heavy atom. The van der Waals surface area contributed by atoms with Crippen LogP contribution in [0.25, 0.3) is 11.0 Å². The van der Waals surface area contributed by atoms with Crippen LogP contribution in [0.15, 0.2) is 99.1 Å². The fourth-order valence-corrected chi connectivity index (χ4v) is 6.28. The van der Waals surface area contributed by atoms with E-state index < -0.39 is 40.3 Å². The van der Waals surface area contributed by atoms with Gasteiger partial charge in [0.1, 0.15) is 17.1 Å². The van der Waals surface area contributed by atoms with E-state index in [0.717, 1.165) is 42.8 Å². The van der Waals surface area contributed by atoms with Crippen molar-refractivity contribution in [1.29, 1.82) is 0 Å². The molecule has 0 amide bonds. The number of ketones is 1. The normalized spacial score (nSPS) is 13.0. The van der Waals surface area contributed by atoms with Gasteiger partial charge in [-0.05, 0) is 80.6 Å². The Morgan fingerprint density at radius 2 is 1.82 bits per heavy atom. The Morgan fingerprint density at radius 3 is 2.51 bits per heavy atom. The number of ether oxygens (including phenoxy) is 1. The zero-order chi connectivity index (χ0) is 36.4. The van der Waals surface area contributed by atoms with Gasteiger partial charge >= 0.3 is 41.7 Å². The number of Topliss-reactive ketones (excluding diaryl/α,β-unsaturated/α-hetero) is 1. The van der Waals surface area contributed by atoms with Crippen molar-refractivity contribution in [3.8, 4) is 11.5 Å². The second-order valence-corrected chi connectivity index (χ2v) is 12.7. The van der Waals surface area contributed by atoms with Crippen LogP contribution >= 0.6 is 11.8 Å². The molecule has 1 aromatic heterocycles. The number of carboxylic acids is 1. The number of hydrogen-bond acceptors (Lipinski definition) is 8. The van der Waals surface area contributed by atoms with Crippen molar-refractivity contribution in [2.24, 2.45) is 0 Å². The quantitative estimate of drug-likeness (QED) is 0.0414. The second-order valence-electron chi connectivity index (χ2n) is 11.5. The molecule has 0 spiro atoms. The standard InChI is InChI=1S/C38H37F3O8S.Na.H/c1-3-11-29-31(18-17-27(23(2)42)36(29)45)48-19-9-7-5-4-6-8-14-34(35(44)24-12-10-13-25(20-24)38(39,40)41)50-26-15-16-28-30(43)22-33(37(46)47)49-32(28)21-26;;/h4,6,8,10,12-18,20-22,34-35,44-45H,3,5,7,9,11,19H2,1-2H3,(H,46,47);;/q;+1;-1/t34-,35+;;/m0../s1. The molecule has 8 nitrogen and oxygen atoms in total. The van der Waals surface area contributed by atoms with Crippen LogP contribution in [-0.2, 0) is 12.6 Å². The number of thioether (sulfide) groups is 1. The Kier molecular flexibility index (Phi) is 15.6. The van der Waals surface area contributed by atoms with Crippen molar-refractivity contribution in [2.75, 3.05) is 6.61 Å². The van der Waals surface area contributed by atoms with Crippen LogP contribution in [0.5, 0.6) is 11.5 Å². The number of rotatable bonds is 16.